The molecule has 2 rings (SSSR count). The van der Waals surface area contributed by atoms with E-state index in [2.05, 4.69) is 0 Å². The number of hydrogen-bond donors (Lipinski definition) is 6. The molecule has 2 saturated carbocycles. The summed E-state index contributed by atoms with van der Waals surface area (Å²) in [5.41, 5.74) is 20.6. The molecule has 2 aliphatic carbocycles. The minimum atomic E-state index is -1.52. The number of aliphatic hydroxyl groups is 2. The average Bonchev–Trinajstić information content (AvgIpc) is 2.52. The molecule has 0 aromatic heterocycles. The Labute approximate surface area is 172 Å². The van der Waals surface area contributed by atoms with Crippen LogP contribution in [0, 0.1) is 0 Å². The minimum absolute atomic E-state index is 0. The Hall–Kier alpha value is -0.612. The van der Waals surface area contributed by atoms with Gasteiger partial charge in [-0.15, -0.1) is 0 Å². The van der Waals surface area contributed by atoms with Crippen molar-refractivity contribution in [1.82, 2.24) is 0 Å². The molecule has 0 aliphatic heterocycles. The summed E-state index contributed by atoms with van der Waals surface area (Å²) in [5, 5.41) is 38.7. The Kier molecular flexibility index (Phi) is 8.62. The molecule has 0 radical (unpaired) electrons. The number of nitrogens with two attached hydrogens (primary N) is 4. The second-order valence-corrected chi connectivity index (χ2v) is 8.23. The summed E-state index contributed by atoms with van der Waals surface area (Å²) in [6, 6.07) is 0. The molecule has 2 aliphatic rings. The second-order valence-electron chi connectivity index (χ2n) is 8.23. The van der Waals surface area contributed by atoms with Crippen LogP contribution < -0.4 is 33.1 Å². The summed E-state index contributed by atoms with van der Waals surface area (Å²) < 4.78 is 0. The predicted octanol–water partition coefficient (Wildman–Crippen LogP) is -4.61. The fraction of sp³-hybridized carbons (Fsp3) is 0.875. The Morgan fingerprint density at radius 1 is 0.815 bits per heavy atom. The zero-order valence-corrected chi connectivity index (χ0v) is 17.8. The molecule has 10 nitrogen and oxygen atoms in total. The maximum Gasteiger partial charge on any atom is 2.00 e. The summed E-state index contributed by atoms with van der Waals surface area (Å²) in [4.78, 5) is 20.5. The molecule has 0 amide bonds. The van der Waals surface area contributed by atoms with E-state index in [1.54, 1.807) is 13.8 Å². The largest absolute Gasteiger partial charge is 2.00 e. The minimum Gasteiger partial charge on any atom is -0.547 e. The van der Waals surface area contributed by atoms with E-state index in [0.29, 0.717) is 12.8 Å². The van der Waals surface area contributed by atoms with Gasteiger partial charge in [0.05, 0.1) is 24.1 Å². The summed E-state index contributed by atoms with van der Waals surface area (Å²) in [6.07, 6.45) is -0.326. The number of carbonyl (C=O) groups excluding carboxylic acids is 2. The van der Waals surface area contributed by atoms with E-state index < -0.39 is 46.3 Å². The van der Waals surface area contributed by atoms with E-state index in [0.717, 1.165) is 12.8 Å². The van der Waals surface area contributed by atoms with Gasteiger partial charge >= 0.3 is 21.1 Å². The quantitative estimate of drug-likeness (QED) is 0.179. The van der Waals surface area contributed by atoms with Crippen molar-refractivity contribution in [3.63, 3.8) is 0 Å². The molecule has 11 heteroatoms. The molecule has 0 aromatic rings. The maximum absolute atomic E-state index is 10.3. The third-order valence-corrected chi connectivity index (χ3v) is 6.12. The number of rotatable bonds is 6. The first-order chi connectivity index (χ1) is 11.6. The van der Waals surface area contributed by atoms with Crippen LogP contribution in [-0.2, 0) is 30.7 Å². The van der Waals surface area contributed by atoms with Gasteiger partial charge in [0, 0.05) is 22.2 Å². The zero-order chi connectivity index (χ0) is 20.6. The molecule has 6 unspecified atom stereocenters. The van der Waals surface area contributed by atoms with E-state index in [1.165, 1.54) is 0 Å². The summed E-state index contributed by atoms with van der Waals surface area (Å²) in [7, 11) is 0. The van der Waals surface area contributed by atoms with Gasteiger partial charge in [-0.25, -0.2) is 0 Å². The molecule has 27 heavy (non-hydrogen) atoms. The van der Waals surface area contributed by atoms with Gasteiger partial charge in [-0.3, -0.25) is 0 Å². The maximum atomic E-state index is 10.3. The number of aliphatic carboxylic acids is 2. The van der Waals surface area contributed by atoms with Crippen molar-refractivity contribution in [2.75, 3.05) is 0 Å². The fourth-order valence-corrected chi connectivity index (χ4v) is 3.21. The van der Waals surface area contributed by atoms with E-state index in [4.69, 9.17) is 33.1 Å². The molecular weight excluding hydrogens is 539 g/mol. The zero-order valence-electron chi connectivity index (χ0n) is 15.6. The molecular formula is C16H30N4O6Pt. The van der Waals surface area contributed by atoms with Gasteiger partial charge in [0.1, 0.15) is 0 Å². The van der Waals surface area contributed by atoms with E-state index in [9.17, 15) is 19.8 Å². The van der Waals surface area contributed by atoms with Crippen molar-refractivity contribution in [2.24, 2.45) is 22.9 Å². The van der Waals surface area contributed by atoms with Gasteiger partial charge in [-0.2, -0.15) is 0 Å². The number of aliphatic hydroxyl groups excluding tert-OH is 2. The predicted molar refractivity (Wildman–Crippen MR) is 88.8 cm³/mol. The number of carbonyl (C=O) groups is 2. The SMILES string of the molecule is CC1(N)CCC1(N)CC(O)C(=O)[O-].CC1(N)CCC1(N)CC(O)C(=O)[O-].[Pt+2]. The first kappa shape index (κ1) is 26.4. The average molecular weight is 570 g/mol. The molecule has 0 aromatic carbocycles. The van der Waals surface area contributed by atoms with Crippen LogP contribution in [0.15, 0.2) is 0 Å². The fourth-order valence-electron chi connectivity index (χ4n) is 3.21. The van der Waals surface area contributed by atoms with Crippen molar-refractivity contribution >= 4 is 11.9 Å². The van der Waals surface area contributed by atoms with Crippen LogP contribution in [0.4, 0.5) is 0 Å². The standard InChI is InChI=1S/2C8H16N2O3.Pt/c2*1-7(9)2-3-8(7,10)4-5(11)6(12)13;/h2*5,11H,2-4,9-10H2,1H3,(H,12,13);/q;;+2/p-2. The number of carboxylic acid groups (broad SMARTS) is 2. The Bertz CT molecular complexity index is 513. The Balaban J connectivity index is 0.000000483. The molecule has 0 bridgehead atoms. The van der Waals surface area contributed by atoms with Crippen molar-refractivity contribution in [3.05, 3.63) is 0 Å². The summed E-state index contributed by atoms with van der Waals surface area (Å²) >= 11 is 0. The summed E-state index contributed by atoms with van der Waals surface area (Å²) in [6.45, 7) is 3.52. The number of carboxylic acids is 2. The first-order valence-corrected chi connectivity index (χ1v) is 8.50. The van der Waals surface area contributed by atoms with Crippen LogP contribution in [-0.4, -0.2) is 56.5 Å². The van der Waals surface area contributed by atoms with Gasteiger partial charge in [0.15, 0.2) is 0 Å². The van der Waals surface area contributed by atoms with Gasteiger partial charge in [-0.1, -0.05) is 0 Å². The smallest absolute Gasteiger partial charge is 0.547 e. The molecule has 0 saturated heterocycles. The third kappa shape index (κ3) is 5.69. The van der Waals surface area contributed by atoms with Crippen LogP contribution in [0.1, 0.15) is 52.4 Å². The van der Waals surface area contributed by atoms with E-state index in [1.807, 2.05) is 0 Å². The molecule has 10 N–H and O–H groups in total. The third-order valence-electron chi connectivity index (χ3n) is 6.12. The second kappa shape index (κ2) is 8.82. The van der Waals surface area contributed by atoms with Gasteiger partial charge in [0.2, 0.25) is 0 Å². The van der Waals surface area contributed by atoms with Crippen molar-refractivity contribution < 1.29 is 51.1 Å². The van der Waals surface area contributed by atoms with E-state index in [-0.39, 0.29) is 33.9 Å². The van der Waals surface area contributed by atoms with Crippen molar-refractivity contribution in [3.8, 4) is 0 Å². The van der Waals surface area contributed by atoms with Crippen LogP contribution in [0.2, 0.25) is 0 Å². The molecule has 160 valence electrons. The number of hydrogen-bond acceptors (Lipinski definition) is 10. The van der Waals surface area contributed by atoms with Crippen molar-refractivity contribution in [2.45, 2.75) is 86.7 Å². The van der Waals surface area contributed by atoms with Gasteiger partial charge in [-0.05, 0) is 52.4 Å². The van der Waals surface area contributed by atoms with Crippen LogP contribution in [0.25, 0.3) is 0 Å². The van der Waals surface area contributed by atoms with Crippen molar-refractivity contribution in [1.29, 1.82) is 0 Å². The van der Waals surface area contributed by atoms with Gasteiger partial charge in [0.25, 0.3) is 0 Å². The topological polar surface area (TPSA) is 225 Å². The van der Waals surface area contributed by atoms with Crippen LogP contribution in [0.3, 0.4) is 0 Å². The molecule has 0 heterocycles. The molecule has 6 atom stereocenters. The molecule has 2 fully saturated rings. The Morgan fingerprint density at radius 2 is 1.07 bits per heavy atom. The van der Waals surface area contributed by atoms with E-state index >= 15 is 0 Å². The van der Waals surface area contributed by atoms with Crippen LogP contribution >= 0.6 is 0 Å². The summed E-state index contributed by atoms with van der Waals surface area (Å²) in [5.74, 6) is -2.99. The Morgan fingerprint density at radius 3 is 1.19 bits per heavy atom. The monoisotopic (exact) mass is 569 g/mol. The van der Waals surface area contributed by atoms with Gasteiger partial charge < -0.3 is 52.9 Å². The molecule has 0 spiro atoms. The normalized spacial score (nSPS) is 39.4. The van der Waals surface area contributed by atoms with Crippen LogP contribution in [0.5, 0.6) is 0 Å². The first-order valence-electron chi connectivity index (χ1n) is 8.50.